The van der Waals surface area contributed by atoms with Crippen LogP contribution in [0, 0.1) is 0 Å². The van der Waals surface area contributed by atoms with Crippen molar-refractivity contribution in [2.45, 2.75) is 6.18 Å². The molecule has 1 aliphatic rings. The summed E-state index contributed by atoms with van der Waals surface area (Å²) in [5.74, 6) is -1.16. The van der Waals surface area contributed by atoms with Crippen molar-refractivity contribution in [2.75, 3.05) is 10.6 Å². The lowest BCUT2D eigenvalue weighted by atomic mass is 10.0. The molecule has 0 unspecified atom stereocenters. The molecule has 0 radical (unpaired) electrons. The van der Waals surface area contributed by atoms with Crippen LogP contribution in [0.15, 0.2) is 55.1 Å². The van der Waals surface area contributed by atoms with E-state index in [2.05, 4.69) is 30.8 Å². The van der Waals surface area contributed by atoms with Gasteiger partial charge in [-0.15, -0.1) is 5.10 Å². The van der Waals surface area contributed by atoms with Crippen molar-refractivity contribution < 1.29 is 22.8 Å². The van der Waals surface area contributed by atoms with Crippen molar-refractivity contribution in [1.82, 2.24) is 29.5 Å². The minimum atomic E-state index is -4.94. The Labute approximate surface area is 216 Å². The summed E-state index contributed by atoms with van der Waals surface area (Å²) in [6, 6.07) is 8.98. The van der Waals surface area contributed by atoms with Crippen molar-refractivity contribution in [3.8, 4) is 17.2 Å². The summed E-state index contributed by atoms with van der Waals surface area (Å²) in [6.07, 6.45) is -1.41. The van der Waals surface area contributed by atoms with Gasteiger partial charge in [-0.3, -0.25) is 14.3 Å². The van der Waals surface area contributed by atoms with Crippen LogP contribution in [-0.4, -0.2) is 41.3 Å². The molecule has 2 N–H and O–H groups in total. The number of benzene rings is 2. The molecule has 5 aromatic rings. The summed E-state index contributed by atoms with van der Waals surface area (Å²) in [7, 11) is 1.66. The molecule has 0 atom stereocenters. The van der Waals surface area contributed by atoms with Crippen molar-refractivity contribution in [3.05, 3.63) is 77.0 Å². The minimum absolute atomic E-state index is 0.0606. The van der Waals surface area contributed by atoms with Crippen LogP contribution in [0.2, 0.25) is 5.02 Å². The third-order valence-electron chi connectivity index (χ3n) is 5.93. The van der Waals surface area contributed by atoms with E-state index in [0.717, 1.165) is 6.20 Å². The van der Waals surface area contributed by atoms with Gasteiger partial charge in [-0.05, 0) is 24.3 Å². The first-order chi connectivity index (χ1) is 18.1. The Bertz CT molecular complexity index is 1790. The van der Waals surface area contributed by atoms with Crippen molar-refractivity contribution in [3.63, 3.8) is 0 Å². The van der Waals surface area contributed by atoms with E-state index in [1.807, 2.05) is 0 Å². The standard InChI is InChI=1S/C24H14ClF3N8O2/c1-35-10-30-21(34-35)19-15(25)7-11(8-29-19)32-23(38)14-9-31-36(20(14)24(26,27)28)17-6-5-16-18-12(17)3-2-4-13(18)22(37)33-16/h2-10H,1H3,(H,32,38)(H,33,37). The summed E-state index contributed by atoms with van der Waals surface area (Å²) < 4.78 is 45.0. The number of aromatic nitrogens is 6. The molecule has 2 aromatic carbocycles. The molecular formula is C24H14ClF3N8O2. The number of nitrogens with one attached hydrogen (secondary N) is 2. The van der Waals surface area contributed by atoms with Gasteiger partial charge in [0, 0.05) is 29.1 Å². The minimum Gasteiger partial charge on any atom is -0.321 e. The van der Waals surface area contributed by atoms with Crippen molar-refractivity contribution in [2.24, 2.45) is 7.05 Å². The Hall–Kier alpha value is -4.78. The van der Waals surface area contributed by atoms with Gasteiger partial charge in [-0.2, -0.15) is 18.3 Å². The summed E-state index contributed by atoms with van der Waals surface area (Å²) in [6.45, 7) is 0. The molecule has 0 spiro atoms. The largest absolute Gasteiger partial charge is 0.434 e. The zero-order valence-electron chi connectivity index (χ0n) is 19.2. The van der Waals surface area contributed by atoms with E-state index in [-0.39, 0.29) is 33.8 Å². The monoisotopic (exact) mass is 538 g/mol. The number of nitrogens with zero attached hydrogens (tertiary/aromatic N) is 6. The van der Waals surface area contributed by atoms with E-state index >= 15 is 0 Å². The van der Waals surface area contributed by atoms with E-state index < -0.39 is 23.3 Å². The average molecular weight is 539 g/mol. The second kappa shape index (κ2) is 8.38. The van der Waals surface area contributed by atoms with Crippen LogP contribution in [-0.2, 0) is 13.2 Å². The predicted molar refractivity (Wildman–Crippen MR) is 131 cm³/mol. The lowest BCUT2D eigenvalue weighted by Crippen LogP contribution is -2.21. The van der Waals surface area contributed by atoms with Crippen LogP contribution in [0.25, 0.3) is 28.0 Å². The van der Waals surface area contributed by atoms with Crippen molar-refractivity contribution >= 4 is 45.6 Å². The summed E-state index contributed by atoms with van der Waals surface area (Å²) in [5, 5.41) is 14.0. The van der Waals surface area contributed by atoms with E-state index in [9.17, 15) is 22.8 Å². The maximum absolute atomic E-state index is 14.3. The van der Waals surface area contributed by atoms with Crippen molar-refractivity contribution in [1.29, 1.82) is 0 Å². The zero-order valence-corrected chi connectivity index (χ0v) is 20.0. The number of aryl methyl sites for hydroxylation is 1. The number of pyridine rings is 1. The Balaban J connectivity index is 1.39. The molecule has 0 aliphatic carbocycles. The molecule has 6 rings (SSSR count). The lowest BCUT2D eigenvalue weighted by molar-refractivity contribution is -0.143. The Morgan fingerprint density at radius 1 is 1.13 bits per heavy atom. The van der Waals surface area contributed by atoms with Gasteiger partial charge in [0.1, 0.15) is 12.0 Å². The van der Waals surface area contributed by atoms with Gasteiger partial charge in [0.15, 0.2) is 5.69 Å². The maximum atomic E-state index is 14.3. The molecule has 0 bridgehead atoms. The SMILES string of the molecule is Cn1cnc(-c2ncc(NC(=O)c3cnn(-c4ccc5c6c(cccc46)C(=O)N5)c3C(F)(F)F)cc2Cl)n1. The molecule has 10 nitrogen and oxygen atoms in total. The highest BCUT2D eigenvalue weighted by Crippen LogP contribution is 2.39. The van der Waals surface area contributed by atoms with Crippen LogP contribution in [0.5, 0.6) is 0 Å². The van der Waals surface area contributed by atoms with E-state index in [1.54, 1.807) is 25.2 Å². The fourth-order valence-corrected chi connectivity index (χ4v) is 4.60. The fraction of sp³-hybridized carbons (Fsp3) is 0.0833. The molecule has 14 heteroatoms. The fourth-order valence-electron chi connectivity index (χ4n) is 4.35. The van der Waals surface area contributed by atoms with Gasteiger partial charge in [0.05, 0.1) is 34.4 Å². The Kier molecular flexibility index (Phi) is 5.21. The second-order valence-electron chi connectivity index (χ2n) is 8.38. The molecule has 3 aromatic heterocycles. The molecule has 4 heterocycles. The van der Waals surface area contributed by atoms with Gasteiger partial charge < -0.3 is 10.6 Å². The summed E-state index contributed by atoms with van der Waals surface area (Å²) in [5.41, 5.74) is -0.790. The first-order valence-corrected chi connectivity index (χ1v) is 11.3. The van der Waals surface area contributed by atoms with Gasteiger partial charge in [0.25, 0.3) is 11.8 Å². The Morgan fingerprint density at radius 3 is 2.66 bits per heavy atom. The molecule has 38 heavy (non-hydrogen) atoms. The maximum Gasteiger partial charge on any atom is 0.434 e. The first-order valence-electron chi connectivity index (χ1n) is 11.0. The number of hydrogen-bond donors (Lipinski definition) is 2. The number of hydrogen-bond acceptors (Lipinski definition) is 6. The van der Waals surface area contributed by atoms with Crippen LogP contribution >= 0.6 is 11.6 Å². The van der Waals surface area contributed by atoms with E-state index in [1.165, 1.54) is 35.4 Å². The van der Waals surface area contributed by atoms with Gasteiger partial charge in [0.2, 0.25) is 5.82 Å². The lowest BCUT2D eigenvalue weighted by Gasteiger charge is -2.15. The third kappa shape index (κ3) is 3.75. The predicted octanol–water partition coefficient (Wildman–Crippen LogP) is 4.71. The van der Waals surface area contributed by atoms with Gasteiger partial charge >= 0.3 is 6.18 Å². The highest BCUT2D eigenvalue weighted by molar-refractivity contribution is 6.33. The smallest absolute Gasteiger partial charge is 0.321 e. The molecule has 0 saturated heterocycles. The van der Waals surface area contributed by atoms with Gasteiger partial charge in [-0.1, -0.05) is 23.7 Å². The summed E-state index contributed by atoms with van der Waals surface area (Å²) in [4.78, 5) is 33.4. The number of anilines is 2. The summed E-state index contributed by atoms with van der Waals surface area (Å²) >= 11 is 6.26. The molecular weight excluding hydrogens is 525 g/mol. The van der Waals surface area contributed by atoms with Crippen LogP contribution in [0.4, 0.5) is 24.5 Å². The van der Waals surface area contributed by atoms with E-state index in [4.69, 9.17) is 11.6 Å². The highest BCUT2D eigenvalue weighted by atomic mass is 35.5. The van der Waals surface area contributed by atoms with E-state index in [0.29, 0.717) is 26.7 Å². The topological polar surface area (TPSA) is 120 Å². The first kappa shape index (κ1) is 23.6. The molecule has 1 aliphatic heterocycles. The average Bonchev–Trinajstić information content (AvgIpc) is 3.58. The molecule has 0 fully saturated rings. The number of amides is 2. The normalized spacial score (nSPS) is 12.7. The number of carbonyl (C=O) groups excluding carboxylic acids is 2. The second-order valence-corrected chi connectivity index (χ2v) is 8.79. The quantitative estimate of drug-likeness (QED) is 0.342. The molecule has 0 saturated carbocycles. The highest BCUT2D eigenvalue weighted by Gasteiger charge is 2.41. The van der Waals surface area contributed by atoms with Crippen LogP contribution in [0.3, 0.4) is 0 Å². The number of alkyl halides is 3. The number of halogens is 4. The van der Waals surface area contributed by atoms with Crippen LogP contribution in [0.1, 0.15) is 26.4 Å². The number of rotatable bonds is 4. The molecule has 2 amide bonds. The third-order valence-corrected chi connectivity index (χ3v) is 6.22. The zero-order chi connectivity index (χ0) is 26.8. The Morgan fingerprint density at radius 2 is 1.95 bits per heavy atom. The molecule has 190 valence electrons. The van der Waals surface area contributed by atoms with Gasteiger partial charge in [-0.25, -0.2) is 14.6 Å². The number of carbonyl (C=O) groups is 2. The van der Waals surface area contributed by atoms with Crippen LogP contribution < -0.4 is 10.6 Å².